The van der Waals surface area contributed by atoms with Crippen molar-refractivity contribution in [3.05, 3.63) is 200 Å². The Balaban J connectivity index is 1.13. The quantitative estimate of drug-likeness (QED) is 0.171. The number of fused-ring (bicyclic) bond motifs is 6. The van der Waals surface area contributed by atoms with Crippen LogP contribution in [-0.2, 0) is 0 Å². The van der Waals surface area contributed by atoms with Gasteiger partial charge in [0.05, 0.1) is 0 Å². The van der Waals surface area contributed by atoms with Crippen molar-refractivity contribution >= 4 is 43.5 Å². The molecular formula is C53H33N3O. The van der Waals surface area contributed by atoms with Crippen molar-refractivity contribution in [2.45, 2.75) is 0 Å². The Morgan fingerprint density at radius 3 is 1.51 bits per heavy atom. The molecule has 0 amide bonds. The predicted molar refractivity (Wildman–Crippen MR) is 235 cm³/mol. The van der Waals surface area contributed by atoms with E-state index in [1.807, 2.05) is 18.2 Å². The average Bonchev–Trinajstić information content (AvgIpc) is 3.68. The second-order valence-electron chi connectivity index (χ2n) is 14.4. The van der Waals surface area contributed by atoms with E-state index in [9.17, 15) is 0 Å². The first-order chi connectivity index (χ1) is 28.2. The van der Waals surface area contributed by atoms with E-state index < -0.39 is 0 Å². The number of benzene rings is 9. The van der Waals surface area contributed by atoms with Gasteiger partial charge in [-0.25, -0.2) is 15.0 Å². The molecule has 0 spiro atoms. The topological polar surface area (TPSA) is 51.8 Å². The molecule has 9 aromatic carbocycles. The van der Waals surface area contributed by atoms with Gasteiger partial charge in [-0.15, -0.1) is 0 Å². The summed E-state index contributed by atoms with van der Waals surface area (Å²) >= 11 is 0. The molecule has 0 bridgehead atoms. The molecule has 11 aromatic rings. The lowest BCUT2D eigenvalue weighted by atomic mass is 9.96. The van der Waals surface area contributed by atoms with Crippen LogP contribution < -0.4 is 0 Å². The van der Waals surface area contributed by atoms with Crippen molar-refractivity contribution in [1.29, 1.82) is 0 Å². The molecule has 266 valence electrons. The van der Waals surface area contributed by atoms with E-state index in [0.29, 0.717) is 17.5 Å². The van der Waals surface area contributed by atoms with Gasteiger partial charge in [-0.2, -0.15) is 0 Å². The van der Waals surface area contributed by atoms with Crippen LogP contribution in [0.4, 0.5) is 0 Å². The SMILES string of the molecule is c1ccc(-c2cccc(-c3nc(-c4ccc5cc(-c6ccccc6)ccc5c4)nc(-c4cc(-c5ccccc5)c5c(c4)oc4c6ccccc6ccc45)n3)c2)cc1. The molecule has 0 aliphatic rings. The van der Waals surface area contributed by atoms with E-state index in [1.54, 1.807) is 0 Å². The highest BCUT2D eigenvalue weighted by Crippen LogP contribution is 2.42. The molecule has 0 saturated carbocycles. The maximum Gasteiger partial charge on any atom is 0.164 e. The number of aromatic nitrogens is 3. The van der Waals surface area contributed by atoms with Crippen LogP contribution in [0, 0.1) is 0 Å². The zero-order chi connectivity index (χ0) is 37.7. The smallest absolute Gasteiger partial charge is 0.164 e. The summed E-state index contributed by atoms with van der Waals surface area (Å²) in [6, 6.07) is 69.9. The lowest BCUT2D eigenvalue weighted by Gasteiger charge is -2.12. The summed E-state index contributed by atoms with van der Waals surface area (Å²) in [5.74, 6) is 1.78. The number of rotatable bonds is 6. The van der Waals surface area contributed by atoms with Crippen LogP contribution in [-0.4, -0.2) is 15.0 Å². The Morgan fingerprint density at radius 2 is 0.807 bits per heavy atom. The molecule has 2 heterocycles. The Hall–Kier alpha value is -7.69. The minimum absolute atomic E-state index is 0.573. The fourth-order valence-electron chi connectivity index (χ4n) is 8.03. The molecule has 4 nitrogen and oxygen atoms in total. The molecule has 0 aliphatic heterocycles. The van der Waals surface area contributed by atoms with Gasteiger partial charge >= 0.3 is 0 Å². The largest absolute Gasteiger partial charge is 0.455 e. The Kier molecular flexibility index (Phi) is 7.78. The van der Waals surface area contributed by atoms with Crippen LogP contribution in [0.5, 0.6) is 0 Å². The van der Waals surface area contributed by atoms with Crippen molar-refractivity contribution in [1.82, 2.24) is 15.0 Å². The first-order valence-corrected chi connectivity index (χ1v) is 19.2. The molecule has 0 unspecified atom stereocenters. The summed E-state index contributed by atoms with van der Waals surface area (Å²) in [6.45, 7) is 0. The molecule has 57 heavy (non-hydrogen) atoms. The van der Waals surface area contributed by atoms with Crippen molar-refractivity contribution in [2.24, 2.45) is 0 Å². The monoisotopic (exact) mass is 727 g/mol. The second kappa shape index (κ2) is 13.6. The van der Waals surface area contributed by atoms with Gasteiger partial charge in [-0.05, 0) is 85.9 Å². The van der Waals surface area contributed by atoms with Gasteiger partial charge in [0, 0.05) is 32.8 Å². The van der Waals surface area contributed by atoms with Gasteiger partial charge in [0.1, 0.15) is 11.2 Å². The minimum Gasteiger partial charge on any atom is -0.455 e. The predicted octanol–water partition coefficient (Wildman–Crippen LogP) is 14.1. The van der Waals surface area contributed by atoms with Gasteiger partial charge < -0.3 is 4.42 Å². The van der Waals surface area contributed by atoms with Crippen LogP contribution in [0.2, 0.25) is 0 Å². The van der Waals surface area contributed by atoms with E-state index in [2.05, 4.69) is 182 Å². The Morgan fingerprint density at radius 1 is 0.298 bits per heavy atom. The summed E-state index contributed by atoms with van der Waals surface area (Å²) < 4.78 is 6.80. The van der Waals surface area contributed by atoms with E-state index in [4.69, 9.17) is 19.4 Å². The highest BCUT2D eigenvalue weighted by atomic mass is 16.3. The standard InChI is InChI=1S/C53H33N3O/c1-4-13-34(14-5-1)38-20-12-21-42(30-38)51-54-52(43-26-25-40-29-39(23-24-41(40)31-43)35-15-6-2-7-16-35)56-53(55-51)44-32-47(36-17-8-3-9-18-36)49-46-28-27-37-19-10-11-22-45(37)50(46)57-48(49)33-44/h1-33H. The summed E-state index contributed by atoms with van der Waals surface area (Å²) in [6.07, 6.45) is 0. The average molecular weight is 728 g/mol. The highest BCUT2D eigenvalue weighted by Gasteiger charge is 2.20. The molecule has 4 heteroatoms. The van der Waals surface area contributed by atoms with Crippen molar-refractivity contribution in [3.63, 3.8) is 0 Å². The number of hydrogen-bond donors (Lipinski definition) is 0. The molecule has 0 N–H and O–H groups in total. The third-order valence-corrected chi connectivity index (χ3v) is 10.9. The second-order valence-corrected chi connectivity index (χ2v) is 14.4. The summed E-state index contributed by atoms with van der Waals surface area (Å²) in [7, 11) is 0. The third-order valence-electron chi connectivity index (χ3n) is 10.9. The van der Waals surface area contributed by atoms with Gasteiger partial charge in [-0.1, -0.05) is 164 Å². The minimum atomic E-state index is 0.573. The van der Waals surface area contributed by atoms with E-state index in [0.717, 1.165) is 82.4 Å². The van der Waals surface area contributed by atoms with Gasteiger partial charge in [0.25, 0.3) is 0 Å². The number of hydrogen-bond acceptors (Lipinski definition) is 4. The molecule has 0 atom stereocenters. The van der Waals surface area contributed by atoms with Crippen LogP contribution in [0.15, 0.2) is 205 Å². The normalized spacial score (nSPS) is 11.5. The Bertz CT molecular complexity index is 3280. The van der Waals surface area contributed by atoms with Crippen LogP contribution >= 0.6 is 0 Å². The van der Waals surface area contributed by atoms with Gasteiger partial charge in [0.15, 0.2) is 17.5 Å². The lowest BCUT2D eigenvalue weighted by Crippen LogP contribution is -2.00. The fourth-order valence-corrected chi connectivity index (χ4v) is 8.03. The van der Waals surface area contributed by atoms with Crippen LogP contribution in [0.3, 0.4) is 0 Å². The molecular weight excluding hydrogens is 695 g/mol. The number of nitrogens with zero attached hydrogens (tertiary/aromatic N) is 3. The maximum atomic E-state index is 6.80. The zero-order valence-electron chi connectivity index (χ0n) is 30.8. The molecule has 0 saturated heterocycles. The van der Waals surface area contributed by atoms with Crippen LogP contribution in [0.1, 0.15) is 0 Å². The fraction of sp³-hybridized carbons (Fsp3) is 0. The van der Waals surface area contributed by atoms with E-state index in [-0.39, 0.29) is 0 Å². The maximum absolute atomic E-state index is 6.80. The summed E-state index contributed by atoms with van der Waals surface area (Å²) in [5, 5.41) is 6.64. The summed E-state index contributed by atoms with van der Waals surface area (Å²) in [4.78, 5) is 15.6. The molecule has 11 rings (SSSR count). The van der Waals surface area contributed by atoms with E-state index >= 15 is 0 Å². The molecule has 2 aromatic heterocycles. The molecule has 0 radical (unpaired) electrons. The van der Waals surface area contributed by atoms with Gasteiger partial charge in [-0.3, -0.25) is 0 Å². The molecule has 0 aliphatic carbocycles. The Labute approximate surface area is 329 Å². The van der Waals surface area contributed by atoms with Gasteiger partial charge in [0.2, 0.25) is 0 Å². The van der Waals surface area contributed by atoms with Crippen molar-refractivity contribution < 1.29 is 4.42 Å². The van der Waals surface area contributed by atoms with Crippen LogP contribution in [0.25, 0.3) is 111 Å². The first kappa shape index (κ1) is 32.7. The zero-order valence-corrected chi connectivity index (χ0v) is 30.8. The van der Waals surface area contributed by atoms with E-state index in [1.165, 1.54) is 11.1 Å². The first-order valence-electron chi connectivity index (χ1n) is 19.2. The molecule has 0 fully saturated rings. The highest BCUT2D eigenvalue weighted by molar-refractivity contribution is 6.19. The summed E-state index contributed by atoms with van der Waals surface area (Å²) in [5.41, 5.74) is 11.1. The number of furan rings is 1. The van der Waals surface area contributed by atoms with Crippen molar-refractivity contribution in [3.8, 4) is 67.5 Å². The third kappa shape index (κ3) is 5.92. The van der Waals surface area contributed by atoms with Crippen molar-refractivity contribution in [2.75, 3.05) is 0 Å². The lowest BCUT2D eigenvalue weighted by molar-refractivity contribution is 0.673.